The van der Waals surface area contributed by atoms with Crippen molar-refractivity contribution in [3.63, 3.8) is 0 Å². The van der Waals surface area contributed by atoms with Gasteiger partial charge in [-0.25, -0.2) is 0 Å². The first-order chi connectivity index (χ1) is 8.02. The quantitative estimate of drug-likeness (QED) is 0.801. The van der Waals surface area contributed by atoms with Crippen LogP contribution in [0.2, 0.25) is 0 Å². The fraction of sp³-hybridized carbons (Fsp3) is 0.538. The maximum atomic E-state index is 11.8. The number of amides is 1. The first-order valence-electron chi connectivity index (χ1n) is 5.95. The third-order valence-electron chi connectivity index (χ3n) is 2.51. The molecule has 4 heteroatoms. The Morgan fingerprint density at radius 2 is 2.18 bits per heavy atom. The molecule has 0 saturated carbocycles. The standard InChI is InChI=1S/C13H21N3O/c1-9(2)16-13(17)11(7-14)6-12-5-4-10(3)8-15-12/h4-5,8-9,11H,6-7,14H2,1-3H3,(H,16,17). The van der Waals surface area contributed by atoms with Crippen LogP contribution in [0.25, 0.3) is 0 Å². The fourth-order valence-electron chi connectivity index (χ4n) is 1.56. The molecule has 0 radical (unpaired) electrons. The van der Waals surface area contributed by atoms with E-state index in [1.165, 1.54) is 0 Å². The van der Waals surface area contributed by atoms with Gasteiger partial charge in [-0.15, -0.1) is 0 Å². The van der Waals surface area contributed by atoms with Crippen LogP contribution in [0.15, 0.2) is 18.3 Å². The van der Waals surface area contributed by atoms with Crippen LogP contribution in [0.1, 0.15) is 25.1 Å². The number of hydrogen-bond acceptors (Lipinski definition) is 3. The van der Waals surface area contributed by atoms with Crippen molar-refractivity contribution >= 4 is 5.91 Å². The predicted octanol–water partition coefficient (Wildman–Crippen LogP) is 1.03. The minimum Gasteiger partial charge on any atom is -0.354 e. The molecule has 1 amide bonds. The molecule has 1 atom stereocenters. The van der Waals surface area contributed by atoms with E-state index in [2.05, 4.69) is 10.3 Å². The van der Waals surface area contributed by atoms with Gasteiger partial charge in [0.15, 0.2) is 0 Å². The van der Waals surface area contributed by atoms with Gasteiger partial charge in [0.2, 0.25) is 5.91 Å². The lowest BCUT2D eigenvalue weighted by Crippen LogP contribution is -2.39. The molecule has 0 fully saturated rings. The fourth-order valence-corrected chi connectivity index (χ4v) is 1.56. The molecule has 0 spiro atoms. The molecule has 0 aliphatic carbocycles. The van der Waals surface area contributed by atoms with Crippen molar-refractivity contribution in [1.82, 2.24) is 10.3 Å². The van der Waals surface area contributed by atoms with Gasteiger partial charge in [-0.1, -0.05) is 6.07 Å². The van der Waals surface area contributed by atoms with Crippen molar-refractivity contribution in [3.05, 3.63) is 29.6 Å². The molecule has 17 heavy (non-hydrogen) atoms. The highest BCUT2D eigenvalue weighted by atomic mass is 16.1. The van der Waals surface area contributed by atoms with Crippen molar-refractivity contribution < 1.29 is 4.79 Å². The Bertz CT molecular complexity index is 359. The van der Waals surface area contributed by atoms with Crippen LogP contribution in [0, 0.1) is 12.8 Å². The average molecular weight is 235 g/mol. The molecule has 0 aromatic carbocycles. The number of pyridine rings is 1. The largest absolute Gasteiger partial charge is 0.354 e. The monoisotopic (exact) mass is 235 g/mol. The smallest absolute Gasteiger partial charge is 0.224 e. The second-order valence-corrected chi connectivity index (χ2v) is 4.63. The second kappa shape index (κ2) is 6.35. The zero-order chi connectivity index (χ0) is 12.8. The van der Waals surface area contributed by atoms with Crippen LogP contribution in [0.3, 0.4) is 0 Å². The molecule has 1 aromatic heterocycles. The lowest BCUT2D eigenvalue weighted by atomic mass is 10.0. The number of nitrogens with one attached hydrogen (secondary N) is 1. The van der Waals surface area contributed by atoms with Gasteiger partial charge in [0.25, 0.3) is 0 Å². The molecule has 4 nitrogen and oxygen atoms in total. The first kappa shape index (κ1) is 13.6. The zero-order valence-electron chi connectivity index (χ0n) is 10.7. The highest BCUT2D eigenvalue weighted by molar-refractivity contribution is 5.79. The van der Waals surface area contributed by atoms with Crippen molar-refractivity contribution in [2.45, 2.75) is 33.2 Å². The summed E-state index contributed by atoms with van der Waals surface area (Å²) >= 11 is 0. The van der Waals surface area contributed by atoms with Gasteiger partial charge in [-0.2, -0.15) is 0 Å². The summed E-state index contributed by atoms with van der Waals surface area (Å²) in [5, 5.41) is 2.88. The van der Waals surface area contributed by atoms with Crippen molar-refractivity contribution in [2.75, 3.05) is 6.54 Å². The lowest BCUT2D eigenvalue weighted by Gasteiger charge is -2.16. The van der Waals surface area contributed by atoms with Crippen LogP contribution < -0.4 is 11.1 Å². The first-order valence-corrected chi connectivity index (χ1v) is 5.95. The average Bonchev–Trinajstić information content (AvgIpc) is 2.27. The van der Waals surface area contributed by atoms with E-state index in [-0.39, 0.29) is 17.9 Å². The summed E-state index contributed by atoms with van der Waals surface area (Å²) in [5.41, 5.74) is 7.66. The number of aryl methyl sites for hydroxylation is 1. The molecular formula is C13H21N3O. The molecule has 0 saturated heterocycles. The minimum absolute atomic E-state index is 0.00451. The van der Waals surface area contributed by atoms with Crippen LogP contribution in [-0.4, -0.2) is 23.5 Å². The number of rotatable bonds is 5. The summed E-state index contributed by atoms with van der Waals surface area (Å²) in [6.07, 6.45) is 2.40. The molecule has 1 rings (SSSR count). The summed E-state index contributed by atoms with van der Waals surface area (Å²) in [7, 11) is 0. The number of nitrogens with two attached hydrogens (primary N) is 1. The molecular weight excluding hydrogens is 214 g/mol. The lowest BCUT2D eigenvalue weighted by molar-refractivity contribution is -0.125. The van der Waals surface area contributed by atoms with E-state index in [1.54, 1.807) is 0 Å². The van der Waals surface area contributed by atoms with E-state index in [4.69, 9.17) is 5.73 Å². The van der Waals surface area contributed by atoms with Gasteiger partial charge < -0.3 is 11.1 Å². The molecule has 1 unspecified atom stereocenters. The van der Waals surface area contributed by atoms with Crippen LogP contribution in [0.5, 0.6) is 0 Å². The Labute approximate surface area is 103 Å². The SMILES string of the molecule is Cc1ccc(CC(CN)C(=O)NC(C)C)nc1. The van der Waals surface area contributed by atoms with Gasteiger partial charge in [0.1, 0.15) is 0 Å². The van der Waals surface area contributed by atoms with E-state index in [1.807, 2.05) is 39.1 Å². The van der Waals surface area contributed by atoms with Crippen LogP contribution in [-0.2, 0) is 11.2 Å². The molecule has 0 aliphatic heterocycles. The highest BCUT2D eigenvalue weighted by Crippen LogP contribution is 2.07. The summed E-state index contributed by atoms with van der Waals surface area (Å²) in [4.78, 5) is 16.1. The topological polar surface area (TPSA) is 68.0 Å². The maximum Gasteiger partial charge on any atom is 0.224 e. The summed E-state index contributed by atoms with van der Waals surface area (Å²) in [5.74, 6) is -0.197. The molecule has 1 aromatic rings. The Hall–Kier alpha value is -1.42. The third kappa shape index (κ3) is 4.53. The zero-order valence-corrected chi connectivity index (χ0v) is 10.7. The Morgan fingerprint density at radius 1 is 1.47 bits per heavy atom. The Morgan fingerprint density at radius 3 is 2.65 bits per heavy atom. The van der Waals surface area contributed by atoms with Crippen LogP contribution >= 0.6 is 0 Å². The van der Waals surface area contributed by atoms with Gasteiger partial charge in [-0.05, 0) is 32.4 Å². The molecule has 0 aliphatic rings. The van der Waals surface area contributed by atoms with E-state index < -0.39 is 0 Å². The van der Waals surface area contributed by atoms with Crippen LogP contribution in [0.4, 0.5) is 0 Å². The van der Waals surface area contributed by atoms with Gasteiger partial charge in [0, 0.05) is 30.9 Å². The molecule has 3 N–H and O–H groups in total. The minimum atomic E-state index is -0.201. The van der Waals surface area contributed by atoms with E-state index in [9.17, 15) is 4.79 Å². The highest BCUT2D eigenvalue weighted by Gasteiger charge is 2.18. The summed E-state index contributed by atoms with van der Waals surface area (Å²) in [6, 6.07) is 4.08. The molecule has 1 heterocycles. The predicted molar refractivity (Wildman–Crippen MR) is 68.5 cm³/mol. The Balaban J connectivity index is 2.63. The van der Waals surface area contributed by atoms with E-state index in [0.29, 0.717) is 13.0 Å². The number of aromatic nitrogens is 1. The van der Waals surface area contributed by atoms with Gasteiger partial charge in [0.05, 0.1) is 5.92 Å². The van der Waals surface area contributed by atoms with Gasteiger partial charge in [-0.3, -0.25) is 9.78 Å². The van der Waals surface area contributed by atoms with Gasteiger partial charge >= 0.3 is 0 Å². The molecule has 0 bridgehead atoms. The third-order valence-corrected chi connectivity index (χ3v) is 2.51. The van der Waals surface area contributed by atoms with Crippen molar-refractivity contribution in [3.8, 4) is 0 Å². The number of carbonyl (C=O) groups excluding carboxylic acids is 1. The molecule has 94 valence electrons. The Kier molecular flexibility index (Phi) is 5.10. The summed E-state index contributed by atoms with van der Waals surface area (Å²) in [6.45, 7) is 6.21. The number of nitrogens with zero attached hydrogens (tertiary/aromatic N) is 1. The maximum absolute atomic E-state index is 11.8. The van der Waals surface area contributed by atoms with E-state index >= 15 is 0 Å². The summed E-state index contributed by atoms with van der Waals surface area (Å²) < 4.78 is 0. The van der Waals surface area contributed by atoms with Crippen molar-refractivity contribution in [1.29, 1.82) is 0 Å². The number of carbonyl (C=O) groups is 1. The second-order valence-electron chi connectivity index (χ2n) is 4.63. The number of hydrogen-bond donors (Lipinski definition) is 2. The normalized spacial score (nSPS) is 12.5. The van der Waals surface area contributed by atoms with E-state index in [0.717, 1.165) is 11.3 Å². The van der Waals surface area contributed by atoms with Crippen molar-refractivity contribution in [2.24, 2.45) is 11.7 Å².